The molecule has 90 valence electrons. The number of carbonyl (C=O) groups excluding carboxylic acids is 1. The molecule has 0 aliphatic heterocycles. The zero-order valence-corrected chi connectivity index (χ0v) is 10.6. The van der Waals surface area contributed by atoms with E-state index in [1.54, 1.807) is 11.3 Å². The number of amides is 1. The van der Waals surface area contributed by atoms with Crippen molar-refractivity contribution in [2.45, 2.75) is 38.6 Å². The third kappa shape index (κ3) is 3.32. The first-order valence-electron chi connectivity index (χ1n) is 5.58. The van der Waals surface area contributed by atoms with Gasteiger partial charge in [-0.3, -0.25) is 4.79 Å². The maximum Gasteiger partial charge on any atom is 0.224 e. The molecule has 1 amide bonds. The number of hydrogen-bond acceptors (Lipinski definition) is 3. The number of thiophene rings is 1. The molecule has 0 aromatic carbocycles. The molecule has 0 saturated carbocycles. The van der Waals surface area contributed by atoms with Crippen LogP contribution in [0.4, 0.5) is 0 Å². The predicted octanol–water partition coefficient (Wildman–Crippen LogP) is 1.96. The second-order valence-electron chi connectivity index (χ2n) is 4.00. The number of nitrogens with one attached hydrogen (secondary N) is 1. The van der Waals surface area contributed by atoms with Gasteiger partial charge < -0.3 is 10.4 Å². The molecule has 0 unspecified atom stereocenters. The number of carbonyl (C=O) groups is 1. The van der Waals surface area contributed by atoms with Crippen LogP contribution >= 0.6 is 11.3 Å². The Morgan fingerprint density at radius 1 is 1.50 bits per heavy atom. The lowest BCUT2D eigenvalue weighted by Crippen LogP contribution is -2.50. The molecular weight excluding hydrogens is 222 g/mol. The van der Waals surface area contributed by atoms with Gasteiger partial charge in [0.05, 0.1) is 18.6 Å². The zero-order valence-electron chi connectivity index (χ0n) is 9.82. The van der Waals surface area contributed by atoms with E-state index in [4.69, 9.17) is 0 Å². The number of aliphatic hydroxyl groups excluding tert-OH is 1. The van der Waals surface area contributed by atoms with Crippen LogP contribution in [0, 0.1) is 0 Å². The smallest absolute Gasteiger partial charge is 0.224 e. The van der Waals surface area contributed by atoms with Gasteiger partial charge in [-0.25, -0.2) is 0 Å². The van der Waals surface area contributed by atoms with Crippen molar-refractivity contribution in [3.8, 4) is 0 Å². The van der Waals surface area contributed by atoms with Gasteiger partial charge in [-0.2, -0.15) is 11.3 Å². The van der Waals surface area contributed by atoms with Crippen LogP contribution in [0.1, 0.15) is 32.3 Å². The zero-order chi connectivity index (χ0) is 12.0. The van der Waals surface area contributed by atoms with E-state index in [2.05, 4.69) is 5.32 Å². The minimum atomic E-state index is -0.451. The van der Waals surface area contributed by atoms with Crippen LogP contribution in [0.15, 0.2) is 16.8 Å². The molecule has 1 heterocycles. The fourth-order valence-corrected chi connectivity index (χ4v) is 2.28. The van der Waals surface area contributed by atoms with Gasteiger partial charge in [-0.05, 0) is 35.2 Å². The Morgan fingerprint density at radius 2 is 2.19 bits per heavy atom. The molecule has 0 fully saturated rings. The quantitative estimate of drug-likeness (QED) is 0.800. The SMILES string of the molecule is CCC(CC)(CO)NC(=O)Cc1ccsc1. The Labute approximate surface area is 100 Å². The largest absolute Gasteiger partial charge is 0.394 e. The standard InChI is InChI=1S/C12H19NO2S/c1-3-12(4-2,9-14)13-11(15)7-10-5-6-16-8-10/h5-6,8,14H,3-4,7,9H2,1-2H3,(H,13,15). The first-order chi connectivity index (χ1) is 7.65. The minimum Gasteiger partial charge on any atom is -0.394 e. The number of aliphatic hydroxyl groups is 1. The Bertz CT molecular complexity index is 310. The lowest BCUT2D eigenvalue weighted by Gasteiger charge is -2.30. The molecule has 0 spiro atoms. The van der Waals surface area contributed by atoms with E-state index in [-0.39, 0.29) is 12.5 Å². The van der Waals surface area contributed by atoms with Crippen LogP contribution < -0.4 is 5.32 Å². The van der Waals surface area contributed by atoms with Crippen molar-refractivity contribution in [2.24, 2.45) is 0 Å². The topological polar surface area (TPSA) is 49.3 Å². The molecule has 2 N–H and O–H groups in total. The highest BCUT2D eigenvalue weighted by atomic mass is 32.1. The summed E-state index contributed by atoms with van der Waals surface area (Å²) in [7, 11) is 0. The van der Waals surface area contributed by atoms with Crippen molar-refractivity contribution < 1.29 is 9.90 Å². The third-order valence-corrected chi connectivity index (χ3v) is 3.74. The molecule has 1 aromatic rings. The van der Waals surface area contributed by atoms with E-state index in [9.17, 15) is 9.90 Å². The van der Waals surface area contributed by atoms with Crippen molar-refractivity contribution in [1.82, 2.24) is 5.32 Å². The van der Waals surface area contributed by atoms with E-state index in [1.807, 2.05) is 30.7 Å². The van der Waals surface area contributed by atoms with Crippen LogP contribution in [0.5, 0.6) is 0 Å². The van der Waals surface area contributed by atoms with Crippen LogP contribution in [-0.4, -0.2) is 23.2 Å². The summed E-state index contributed by atoms with van der Waals surface area (Å²) in [6, 6.07) is 1.95. The average molecular weight is 241 g/mol. The normalized spacial score (nSPS) is 11.4. The first-order valence-corrected chi connectivity index (χ1v) is 6.53. The first kappa shape index (κ1) is 13.2. The third-order valence-electron chi connectivity index (χ3n) is 3.01. The van der Waals surface area contributed by atoms with Crippen LogP contribution in [0.3, 0.4) is 0 Å². The molecule has 3 nitrogen and oxygen atoms in total. The lowest BCUT2D eigenvalue weighted by atomic mass is 9.93. The molecule has 16 heavy (non-hydrogen) atoms. The van der Waals surface area contributed by atoms with E-state index in [1.165, 1.54) is 0 Å². The Kier molecular flexibility index (Phi) is 4.96. The summed E-state index contributed by atoms with van der Waals surface area (Å²) in [5.74, 6) is -0.0175. The molecule has 1 aromatic heterocycles. The number of rotatable bonds is 6. The van der Waals surface area contributed by atoms with Crippen molar-refractivity contribution >= 4 is 17.2 Å². The highest BCUT2D eigenvalue weighted by Crippen LogP contribution is 2.15. The summed E-state index contributed by atoms with van der Waals surface area (Å²) in [5.41, 5.74) is 0.578. The molecule has 0 radical (unpaired) electrons. The van der Waals surface area contributed by atoms with Gasteiger partial charge in [0.25, 0.3) is 0 Å². The van der Waals surface area contributed by atoms with Crippen LogP contribution in [0.2, 0.25) is 0 Å². The van der Waals surface area contributed by atoms with Crippen molar-refractivity contribution in [3.05, 3.63) is 22.4 Å². The molecule has 0 atom stereocenters. The van der Waals surface area contributed by atoms with Gasteiger partial charge in [0.2, 0.25) is 5.91 Å². The predicted molar refractivity (Wildman–Crippen MR) is 66.6 cm³/mol. The van der Waals surface area contributed by atoms with Gasteiger partial charge in [0.15, 0.2) is 0 Å². The van der Waals surface area contributed by atoms with Gasteiger partial charge in [-0.15, -0.1) is 0 Å². The second kappa shape index (κ2) is 6.01. The molecule has 1 rings (SSSR count). The maximum atomic E-state index is 11.8. The van der Waals surface area contributed by atoms with E-state index in [0.29, 0.717) is 6.42 Å². The van der Waals surface area contributed by atoms with Gasteiger partial charge in [0.1, 0.15) is 0 Å². The summed E-state index contributed by atoms with van der Waals surface area (Å²) in [6.07, 6.45) is 1.88. The summed E-state index contributed by atoms with van der Waals surface area (Å²) in [5, 5.41) is 16.2. The van der Waals surface area contributed by atoms with Crippen molar-refractivity contribution in [1.29, 1.82) is 0 Å². The molecule has 4 heteroatoms. The van der Waals surface area contributed by atoms with Gasteiger partial charge in [0, 0.05) is 0 Å². The summed E-state index contributed by atoms with van der Waals surface area (Å²) >= 11 is 1.59. The molecule has 0 aliphatic carbocycles. The molecule has 0 bridgehead atoms. The summed E-state index contributed by atoms with van der Waals surface area (Å²) < 4.78 is 0. The Hall–Kier alpha value is -0.870. The fourth-order valence-electron chi connectivity index (χ4n) is 1.61. The fraction of sp³-hybridized carbons (Fsp3) is 0.583. The van der Waals surface area contributed by atoms with Crippen LogP contribution in [-0.2, 0) is 11.2 Å². The average Bonchev–Trinajstić information content (AvgIpc) is 2.79. The number of hydrogen-bond donors (Lipinski definition) is 2. The summed E-state index contributed by atoms with van der Waals surface area (Å²) in [6.45, 7) is 3.95. The van der Waals surface area contributed by atoms with Crippen molar-refractivity contribution in [2.75, 3.05) is 6.61 Å². The molecule has 0 aliphatic rings. The molecule has 0 saturated heterocycles. The van der Waals surface area contributed by atoms with E-state index in [0.717, 1.165) is 18.4 Å². The van der Waals surface area contributed by atoms with E-state index < -0.39 is 5.54 Å². The lowest BCUT2D eigenvalue weighted by molar-refractivity contribution is -0.123. The maximum absolute atomic E-state index is 11.8. The second-order valence-corrected chi connectivity index (χ2v) is 4.78. The highest BCUT2D eigenvalue weighted by Gasteiger charge is 2.26. The van der Waals surface area contributed by atoms with Gasteiger partial charge in [-0.1, -0.05) is 13.8 Å². The van der Waals surface area contributed by atoms with Crippen molar-refractivity contribution in [3.63, 3.8) is 0 Å². The highest BCUT2D eigenvalue weighted by molar-refractivity contribution is 7.07. The minimum absolute atomic E-state index is 0.00459. The monoisotopic (exact) mass is 241 g/mol. The Morgan fingerprint density at radius 3 is 2.62 bits per heavy atom. The Balaban J connectivity index is 2.55. The summed E-state index contributed by atoms with van der Waals surface area (Å²) in [4.78, 5) is 11.8. The van der Waals surface area contributed by atoms with E-state index >= 15 is 0 Å². The van der Waals surface area contributed by atoms with Gasteiger partial charge >= 0.3 is 0 Å². The van der Waals surface area contributed by atoms with Crippen LogP contribution in [0.25, 0.3) is 0 Å². The molecular formula is C12H19NO2S.